The van der Waals surface area contributed by atoms with Crippen LogP contribution in [-0.2, 0) is 16.3 Å². The minimum absolute atomic E-state index is 0.504. The van der Waals surface area contributed by atoms with Gasteiger partial charge in [0.2, 0.25) is 5.62 Å². The molecule has 3 nitrogen and oxygen atoms in total. The lowest BCUT2D eigenvalue weighted by molar-refractivity contribution is 0.467. The summed E-state index contributed by atoms with van der Waals surface area (Å²) in [4.78, 5) is 4.47. The van der Waals surface area contributed by atoms with Gasteiger partial charge >= 0.3 is 0 Å². The van der Waals surface area contributed by atoms with Gasteiger partial charge < -0.3 is 9.61 Å². The van der Waals surface area contributed by atoms with E-state index in [-0.39, 0.29) is 0 Å². The molecule has 0 aliphatic heterocycles. The van der Waals surface area contributed by atoms with E-state index in [0.29, 0.717) is 6.04 Å². The maximum Gasteiger partial charge on any atom is 0.210 e. The lowest BCUT2D eigenvalue weighted by atomic mass is 10.3. The van der Waals surface area contributed by atoms with Gasteiger partial charge in [-0.05, 0) is 30.4 Å². The van der Waals surface area contributed by atoms with Crippen molar-refractivity contribution in [3.8, 4) is 0 Å². The molecule has 0 aromatic carbocycles. The van der Waals surface area contributed by atoms with Crippen LogP contribution in [0.2, 0.25) is 0 Å². The molecule has 0 bridgehead atoms. The van der Waals surface area contributed by atoms with Crippen LogP contribution in [0.5, 0.6) is 0 Å². The molecule has 0 heterocycles. The molecule has 1 aliphatic rings. The second-order valence-corrected chi connectivity index (χ2v) is 10.5. The maximum atomic E-state index is 5.39. The van der Waals surface area contributed by atoms with E-state index < -0.39 is 5.62 Å². The molecule has 1 fully saturated rings. The fourth-order valence-electron chi connectivity index (χ4n) is 1.58. The third-order valence-electron chi connectivity index (χ3n) is 2.37. The smallest absolute Gasteiger partial charge is 0.210 e. The summed E-state index contributed by atoms with van der Waals surface area (Å²) in [6.07, 6.45) is 6.82. The van der Waals surface area contributed by atoms with Crippen LogP contribution in [0.1, 0.15) is 32.6 Å². The van der Waals surface area contributed by atoms with Crippen LogP contribution in [0.4, 0.5) is 0 Å². The highest BCUT2D eigenvalue weighted by molar-refractivity contribution is 8.68. The molecule has 15 heavy (non-hydrogen) atoms. The minimum Gasteiger partial charge on any atom is -0.330 e. The molecule has 1 saturated carbocycles. The lowest BCUT2D eigenvalue weighted by Crippen LogP contribution is -2.09. The standard InChI is InChI=1S/C9H19N2OPS2/c1-3-15-13(14,12-2)11-8-10-9-6-4-5-7-9/h8-9H,3-7H2,1-2H3,(H,10,11,14). The third kappa shape index (κ3) is 4.85. The van der Waals surface area contributed by atoms with Crippen LogP contribution < -0.4 is 5.09 Å². The Bertz CT molecular complexity index is 254. The summed E-state index contributed by atoms with van der Waals surface area (Å²) in [7, 11) is 1.67. The highest BCUT2D eigenvalue weighted by Crippen LogP contribution is 2.54. The molecule has 0 amide bonds. The van der Waals surface area contributed by atoms with E-state index in [4.69, 9.17) is 16.3 Å². The highest BCUT2D eigenvalue weighted by atomic mass is 32.9. The van der Waals surface area contributed by atoms with E-state index in [1.54, 1.807) is 24.8 Å². The average molecular weight is 266 g/mol. The Kier molecular flexibility index (Phi) is 6.20. The fourth-order valence-corrected chi connectivity index (χ4v) is 5.20. The van der Waals surface area contributed by atoms with Crippen molar-refractivity contribution in [3.63, 3.8) is 0 Å². The summed E-state index contributed by atoms with van der Waals surface area (Å²) in [6, 6.07) is 0.504. The van der Waals surface area contributed by atoms with E-state index in [1.165, 1.54) is 25.7 Å². The van der Waals surface area contributed by atoms with E-state index in [0.717, 1.165) is 5.75 Å². The number of nitrogens with zero attached hydrogens (tertiary/aromatic N) is 1. The van der Waals surface area contributed by atoms with Gasteiger partial charge in [0.25, 0.3) is 0 Å². The largest absolute Gasteiger partial charge is 0.330 e. The molecule has 1 atom stereocenters. The molecule has 0 aromatic rings. The van der Waals surface area contributed by atoms with Crippen LogP contribution in [0.25, 0.3) is 0 Å². The minimum atomic E-state index is -1.91. The zero-order valence-electron chi connectivity index (χ0n) is 9.31. The third-order valence-corrected chi connectivity index (χ3v) is 8.15. The van der Waals surface area contributed by atoms with Gasteiger partial charge in [-0.15, -0.1) is 0 Å². The molecule has 1 N–H and O–H groups in total. The Labute approximate surface area is 101 Å². The number of aliphatic imine (C=N–C) groups is 1. The first-order valence-corrected chi connectivity index (χ1v) is 9.61. The quantitative estimate of drug-likeness (QED) is 0.455. The summed E-state index contributed by atoms with van der Waals surface area (Å²) in [6.45, 7) is 2.08. The number of rotatable bonds is 6. The van der Waals surface area contributed by atoms with Crippen LogP contribution in [0.15, 0.2) is 4.99 Å². The molecular weight excluding hydrogens is 247 g/mol. The Balaban J connectivity index is 2.35. The second kappa shape index (κ2) is 6.89. The topological polar surface area (TPSA) is 33.6 Å². The zero-order chi connectivity index (χ0) is 11.1. The van der Waals surface area contributed by atoms with E-state index in [9.17, 15) is 0 Å². The van der Waals surface area contributed by atoms with Gasteiger partial charge in [-0.25, -0.2) is 0 Å². The van der Waals surface area contributed by atoms with Crippen molar-refractivity contribution in [3.05, 3.63) is 0 Å². The summed E-state index contributed by atoms with van der Waals surface area (Å²) in [5.74, 6) is 0.968. The van der Waals surface area contributed by atoms with Gasteiger partial charge in [-0.3, -0.25) is 4.99 Å². The summed E-state index contributed by atoms with van der Waals surface area (Å²) < 4.78 is 5.33. The number of hydrogen-bond acceptors (Lipinski definition) is 4. The van der Waals surface area contributed by atoms with Crippen molar-refractivity contribution in [1.29, 1.82) is 0 Å². The monoisotopic (exact) mass is 266 g/mol. The van der Waals surface area contributed by atoms with Gasteiger partial charge in [-0.2, -0.15) is 0 Å². The molecule has 88 valence electrons. The summed E-state index contributed by atoms with van der Waals surface area (Å²) in [5, 5.41) is 3.15. The van der Waals surface area contributed by atoms with Crippen LogP contribution in [0, 0.1) is 0 Å². The molecule has 1 rings (SSSR count). The maximum absolute atomic E-state index is 5.39. The molecular formula is C9H19N2OPS2. The Morgan fingerprint density at radius 1 is 1.60 bits per heavy atom. The van der Waals surface area contributed by atoms with Crippen molar-refractivity contribution in [2.24, 2.45) is 4.99 Å². The Morgan fingerprint density at radius 2 is 2.27 bits per heavy atom. The predicted molar refractivity (Wildman–Crippen MR) is 73.3 cm³/mol. The normalized spacial score (nSPS) is 22.0. The fraction of sp³-hybridized carbons (Fsp3) is 0.889. The van der Waals surface area contributed by atoms with E-state index >= 15 is 0 Å². The van der Waals surface area contributed by atoms with E-state index in [1.807, 2.05) is 0 Å². The number of nitrogens with one attached hydrogen (secondary N) is 1. The number of hydrogen-bond donors (Lipinski definition) is 1. The van der Waals surface area contributed by atoms with Gasteiger partial charge in [-0.1, -0.05) is 31.1 Å². The molecule has 1 unspecified atom stereocenters. The van der Waals surface area contributed by atoms with Crippen molar-refractivity contribution < 1.29 is 4.52 Å². The van der Waals surface area contributed by atoms with Crippen molar-refractivity contribution in [2.45, 2.75) is 38.6 Å². The molecule has 0 radical (unpaired) electrons. The van der Waals surface area contributed by atoms with Crippen molar-refractivity contribution in [1.82, 2.24) is 5.09 Å². The highest BCUT2D eigenvalue weighted by Gasteiger charge is 2.15. The Hall–Kier alpha value is 0.430. The van der Waals surface area contributed by atoms with Crippen LogP contribution >= 0.6 is 17.0 Å². The molecule has 0 aromatic heterocycles. The SMILES string of the molecule is CCSP(=S)(N/C=N/C1CCCC1)OC. The molecule has 0 spiro atoms. The first kappa shape index (κ1) is 13.5. The second-order valence-electron chi connectivity index (χ2n) is 3.44. The first-order valence-electron chi connectivity index (χ1n) is 5.30. The van der Waals surface area contributed by atoms with Gasteiger partial charge in [0.05, 0.1) is 12.4 Å². The summed E-state index contributed by atoms with van der Waals surface area (Å²) >= 11 is 7.05. The van der Waals surface area contributed by atoms with Crippen molar-refractivity contribution in [2.75, 3.05) is 12.9 Å². The van der Waals surface area contributed by atoms with Crippen LogP contribution in [0.3, 0.4) is 0 Å². The zero-order valence-corrected chi connectivity index (χ0v) is 11.8. The first-order chi connectivity index (χ1) is 7.20. The van der Waals surface area contributed by atoms with Gasteiger partial charge in [0.15, 0.2) is 0 Å². The van der Waals surface area contributed by atoms with Crippen molar-refractivity contribution >= 4 is 35.1 Å². The van der Waals surface area contributed by atoms with E-state index in [2.05, 4.69) is 17.0 Å². The van der Waals surface area contributed by atoms with Crippen LogP contribution in [-0.4, -0.2) is 25.2 Å². The Morgan fingerprint density at radius 3 is 2.80 bits per heavy atom. The molecule has 0 saturated heterocycles. The lowest BCUT2D eigenvalue weighted by Gasteiger charge is -2.17. The molecule has 6 heteroatoms. The van der Waals surface area contributed by atoms with Gasteiger partial charge in [0.1, 0.15) is 0 Å². The average Bonchev–Trinajstić information content (AvgIpc) is 2.71. The summed E-state index contributed by atoms with van der Waals surface area (Å²) in [5.41, 5.74) is -1.91. The van der Waals surface area contributed by atoms with Gasteiger partial charge in [0, 0.05) is 7.11 Å². The molecule has 1 aliphatic carbocycles. The predicted octanol–water partition coefficient (Wildman–Crippen LogP) is 3.17.